The number of amides is 1. The Balaban J connectivity index is 1.43. The van der Waals surface area contributed by atoms with Gasteiger partial charge in [0.25, 0.3) is 10.0 Å². The van der Waals surface area contributed by atoms with Gasteiger partial charge in [-0.2, -0.15) is 0 Å². The standard InChI is InChI=1S/C23H22ClN3O3S/c24-17-10-11-19(26-12-2-1-3-13-26)18(14-17)25-22(28)15-27-20-8-4-6-16-7-5-9-21(23(16)20)31(27,29)30/h4-11,14H,1-3,12-13,15H2,(H,25,28). The third-order valence-corrected chi connectivity index (χ3v) is 7.94. The summed E-state index contributed by atoms with van der Waals surface area (Å²) in [6, 6.07) is 16.0. The Morgan fingerprint density at radius 3 is 2.48 bits per heavy atom. The van der Waals surface area contributed by atoms with Gasteiger partial charge in [0.15, 0.2) is 0 Å². The molecule has 0 aliphatic carbocycles. The summed E-state index contributed by atoms with van der Waals surface area (Å²) in [5.41, 5.74) is 2.05. The normalized spacial score (nSPS) is 17.2. The topological polar surface area (TPSA) is 69.7 Å². The smallest absolute Gasteiger partial charge is 0.265 e. The second kappa shape index (κ2) is 7.73. The molecule has 6 nitrogen and oxygen atoms in total. The molecule has 8 heteroatoms. The first-order valence-electron chi connectivity index (χ1n) is 10.3. The van der Waals surface area contributed by atoms with Gasteiger partial charge in [0.2, 0.25) is 5.91 Å². The fourth-order valence-corrected chi connectivity index (χ4v) is 6.31. The van der Waals surface area contributed by atoms with Crippen LogP contribution < -0.4 is 14.5 Å². The molecule has 0 spiro atoms. The van der Waals surface area contributed by atoms with Crippen molar-refractivity contribution in [1.82, 2.24) is 0 Å². The van der Waals surface area contributed by atoms with Crippen LogP contribution in [0.4, 0.5) is 17.1 Å². The molecule has 0 bridgehead atoms. The summed E-state index contributed by atoms with van der Waals surface area (Å²) < 4.78 is 27.5. The summed E-state index contributed by atoms with van der Waals surface area (Å²) in [6.45, 7) is 1.53. The van der Waals surface area contributed by atoms with Gasteiger partial charge in [-0.3, -0.25) is 9.10 Å². The Morgan fingerprint density at radius 2 is 1.71 bits per heavy atom. The number of sulfonamides is 1. The van der Waals surface area contributed by atoms with Crippen LogP contribution in [-0.2, 0) is 14.8 Å². The first-order chi connectivity index (χ1) is 14.9. The molecular weight excluding hydrogens is 434 g/mol. The average Bonchev–Trinajstić information content (AvgIpc) is 2.98. The van der Waals surface area contributed by atoms with Gasteiger partial charge in [0, 0.05) is 23.5 Å². The highest BCUT2D eigenvalue weighted by atomic mass is 35.5. The zero-order chi connectivity index (χ0) is 21.6. The van der Waals surface area contributed by atoms with Crippen LogP contribution in [0.25, 0.3) is 10.8 Å². The lowest BCUT2D eigenvalue weighted by Gasteiger charge is -2.30. The summed E-state index contributed by atoms with van der Waals surface area (Å²) in [5.74, 6) is -0.408. The third-order valence-electron chi connectivity index (χ3n) is 5.90. The van der Waals surface area contributed by atoms with E-state index >= 15 is 0 Å². The minimum absolute atomic E-state index is 0.241. The van der Waals surface area contributed by atoms with E-state index in [-0.39, 0.29) is 11.4 Å². The van der Waals surface area contributed by atoms with Gasteiger partial charge in [-0.05, 0) is 55.0 Å². The zero-order valence-corrected chi connectivity index (χ0v) is 18.4. The van der Waals surface area contributed by atoms with Crippen molar-refractivity contribution < 1.29 is 13.2 Å². The molecule has 160 valence electrons. The minimum atomic E-state index is -3.79. The lowest BCUT2D eigenvalue weighted by molar-refractivity contribution is -0.114. The van der Waals surface area contributed by atoms with Crippen molar-refractivity contribution in [2.45, 2.75) is 24.2 Å². The predicted molar refractivity (Wildman–Crippen MR) is 125 cm³/mol. The van der Waals surface area contributed by atoms with Gasteiger partial charge in [-0.25, -0.2) is 8.42 Å². The molecule has 0 unspecified atom stereocenters. The number of hydrogen-bond acceptors (Lipinski definition) is 4. The molecule has 0 atom stereocenters. The maximum absolute atomic E-state index is 13.1. The van der Waals surface area contributed by atoms with E-state index in [1.807, 2.05) is 24.3 Å². The molecule has 1 fully saturated rings. The summed E-state index contributed by atoms with van der Waals surface area (Å²) >= 11 is 6.19. The molecule has 2 heterocycles. The van der Waals surface area contributed by atoms with Gasteiger partial charge in [0.05, 0.1) is 22.0 Å². The van der Waals surface area contributed by atoms with Gasteiger partial charge >= 0.3 is 0 Å². The van der Waals surface area contributed by atoms with Crippen LogP contribution >= 0.6 is 11.6 Å². The van der Waals surface area contributed by atoms with Crippen LogP contribution in [0, 0.1) is 0 Å². The molecule has 3 aromatic rings. The van der Waals surface area contributed by atoms with Crippen molar-refractivity contribution in [1.29, 1.82) is 0 Å². The van der Waals surface area contributed by atoms with E-state index in [0.717, 1.165) is 37.0 Å². The summed E-state index contributed by atoms with van der Waals surface area (Å²) in [6.07, 6.45) is 3.40. The highest BCUT2D eigenvalue weighted by Gasteiger charge is 2.36. The van der Waals surface area contributed by atoms with Crippen molar-refractivity contribution in [2.24, 2.45) is 0 Å². The summed E-state index contributed by atoms with van der Waals surface area (Å²) in [7, 11) is -3.79. The molecule has 1 saturated heterocycles. The lowest BCUT2D eigenvalue weighted by atomic mass is 10.1. The molecule has 0 radical (unpaired) electrons. The Labute approximate surface area is 186 Å². The third kappa shape index (κ3) is 3.51. The number of benzene rings is 3. The molecular formula is C23H22ClN3O3S. The Hall–Kier alpha value is -2.77. The number of hydrogen-bond donors (Lipinski definition) is 1. The molecule has 2 aliphatic rings. The van der Waals surface area contributed by atoms with Gasteiger partial charge in [0.1, 0.15) is 6.54 Å². The molecule has 1 amide bonds. The van der Waals surface area contributed by atoms with Crippen molar-refractivity contribution in [3.63, 3.8) is 0 Å². The maximum atomic E-state index is 13.1. The zero-order valence-electron chi connectivity index (χ0n) is 16.8. The molecule has 2 aliphatic heterocycles. The Kier molecular flexibility index (Phi) is 5.02. The van der Waals surface area contributed by atoms with E-state index in [1.54, 1.807) is 30.3 Å². The highest BCUT2D eigenvalue weighted by molar-refractivity contribution is 7.93. The first kappa shape index (κ1) is 20.2. The van der Waals surface area contributed by atoms with E-state index in [0.29, 0.717) is 21.8 Å². The summed E-state index contributed by atoms with van der Waals surface area (Å²) in [5, 5.41) is 4.92. The highest BCUT2D eigenvalue weighted by Crippen LogP contribution is 2.42. The number of rotatable bonds is 4. The number of halogens is 1. The Bertz CT molecular complexity index is 1280. The van der Waals surface area contributed by atoms with Crippen molar-refractivity contribution in [3.8, 4) is 0 Å². The number of carbonyl (C=O) groups excluding carboxylic acids is 1. The fourth-order valence-electron chi connectivity index (χ4n) is 4.47. The van der Waals surface area contributed by atoms with Crippen LogP contribution in [0.3, 0.4) is 0 Å². The van der Waals surface area contributed by atoms with Crippen molar-refractivity contribution in [2.75, 3.05) is 34.2 Å². The molecule has 3 aromatic carbocycles. The van der Waals surface area contributed by atoms with Crippen LogP contribution in [-0.4, -0.2) is 34.0 Å². The van der Waals surface area contributed by atoms with E-state index in [9.17, 15) is 13.2 Å². The second-order valence-electron chi connectivity index (χ2n) is 7.90. The molecule has 5 rings (SSSR count). The summed E-state index contributed by atoms with van der Waals surface area (Å²) in [4.78, 5) is 15.5. The average molecular weight is 456 g/mol. The van der Waals surface area contributed by atoms with Crippen LogP contribution in [0.15, 0.2) is 59.5 Å². The predicted octanol–water partition coefficient (Wildman–Crippen LogP) is 4.63. The van der Waals surface area contributed by atoms with Crippen LogP contribution in [0.2, 0.25) is 5.02 Å². The lowest BCUT2D eigenvalue weighted by Crippen LogP contribution is -2.36. The minimum Gasteiger partial charge on any atom is -0.370 e. The number of nitrogens with one attached hydrogen (secondary N) is 1. The van der Waals surface area contributed by atoms with Crippen LogP contribution in [0.5, 0.6) is 0 Å². The monoisotopic (exact) mass is 455 g/mol. The molecule has 31 heavy (non-hydrogen) atoms. The molecule has 1 N–H and O–H groups in total. The molecule has 0 saturated carbocycles. The van der Waals surface area contributed by atoms with E-state index in [2.05, 4.69) is 10.2 Å². The first-order valence-corrected chi connectivity index (χ1v) is 12.2. The largest absolute Gasteiger partial charge is 0.370 e. The quantitative estimate of drug-likeness (QED) is 0.622. The fraction of sp³-hybridized carbons (Fsp3) is 0.261. The van der Waals surface area contributed by atoms with Crippen molar-refractivity contribution >= 4 is 55.4 Å². The number of anilines is 3. The maximum Gasteiger partial charge on any atom is 0.265 e. The van der Waals surface area contributed by atoms with E-state index < -0.39 is 15.9 Å². The number of nitrogens with zero attached hydrogens (tertiary/aromatic N) is 2. The van der Waals surface area contributed by atoms with E-state index in [1.165, 1.54) is 10.7 Å². The van der Waals surface area contributed by atoms with Gasteiger partial charge < -0.3 is 10.2 Å². The van der Waals surface area contributed by atoms with Crippen molar-refractivity contribution in [3.05, 3.63) is 59.6 Å². The number of carbonyl (C=O) groups is 1. The number of piperidine rings is 1. The van der Waals surface area contributed by atoms with Crippen LogP contribution in [0.1, 0.15) is 19.3 Å². The Morgan fingerprint density at radius 1 is 0.968 bits per heavy atom. The van der Waals surface area contributed by atoms with Gasteiger partial charge in [-0.15, -0.1) is 0 Å². The van der Waals surface area contributed by atoms with Gasteiger partial charge in [-0.1, -0.05) is 35.9 Å². The molecule has 0 aromatic heterocycles. The second-order valence-corrected chi connectivity index (χ2v) is 10.2. The van der Waals surface area contributed by atoms with E-state index in [4.69, 9.17) is 11.6 Å². The SMILES string of the molecule is O=C(CN1c2cccc3cccc(c23)S1(=O)=O)Nc1cc(Cl)ccc1N1CCCCC1.